The average molecular weight is 244 g/mol. The van der Waals surface area contributed by atoms with Crippen molar-refractivity contribution >= 4 is 6.15 Å². The van der Waals surface area contributed by atoms with Gasteiger partial charge in [0.2, 0.25) is 0 Å². The summed E-state index contributed by atoms with van der Waals surface area (Å²) >= 11 is 0. The maximum Gasteiger partial charge on any atom is 0.373 e. The van der Waals surface area contributed by atoms with E-state index in [0.29, 0.717) is 12.0 Å². The highest BCUT2D eigenvalue weighted by atomic mass is 16.8. The van der Waals surface area contributed by atoms with Gasteiger partial charge in [0.15, 0.2) is 12.1 Å². The number of carbonyl (C=O) groups excluding carboxylic acids is 2. The molecule has 0 aromatic heterocycles. The summed E-state index contributed by atoms with van der Waals surface area (Å²) in [5.41, 5.74) is 0. The molecule has 0 amide bonds. The summed E-state index contributed by atoms with van der Waals surface area (Å²) in [4.78, 5) is 16.2. The van der Waals surface area contributed by atoms with E-state index in [-0.39, 0.29) is 18.5 Å². The molecule has 98 valence electrons. The molecule has 2 heterocycles. The number of ether oxygens (including phenoxy) is 3. The molecule has 0 aromatic rings. The topological polar surface area (TPSA) is 61.8 Å². The van der Waals surface area contributed by atoms with Crippen molar-refractivity contribution in [2.45, 2.75) is 64.8 Å². The smallest absolute Gasteiger partial charge is 0.346 e. The summed E-state index contributed by atoms with van der Waals surface area (Å²) in [7, 11) is 0. The van der Waals surface area contributed by atoms with Crippen LogP contribution in [0.5, 0.6) is 0 Å². The van der Waals surface area contributed by atoms with Crippen molar-refractivity contribution in [2.24, 2.45) is 5.92 Å². The molecular formula is C12H20O5. The molecule has 0 radical (unpaired) electrons. The van der Waals surface area contributed by atoms with E-state index in [1.54, 1.807) is 0 Å². The Kier molecular flexibility index (Phi) is 4.83. The lowest BCUT2D eigenvalue weighted by Crippen LogP contribution is -2.29. The van der Waals surface area contributed by atoms with Crippen LogP contribution in [0.1, 0.15) is 40.5 Å². The molecule has 17 heavy (non-hydrogen) atoms. The van der Waals surface area contributed by atoms with Crippen molar-refractivity contribution in [2.75, 3.05) is 0 Å². The van der Waals surface area contributed by atoms with Gasteiger partial charge < -0.3 is 14.2 Å². The molecule has 2 rings (SSSR count). The molecule has 0 spiro atoms. The Morgan fingerprint density at radius 1 is 1.12 bits per heavy atom. The molecule has 2 saturated heterocycles. The van der Waals surface area contributed by atoms with Gasteiger partial charge in [-0.25, -0.2) is 0 Å². The van der Waals surface area contributed by atoms with Crippen LogP contribution < -0.4 is 0 Å². The first-order valence-corrected chi connectivity index (χ1v) is 5.99. The Bertz CT molecular complexity index is 283. The zero-order chi connectivity index (χ0) is 13.1. The van der Waals surface area contributed by atoms with E-state index in [0.717, 1.165) is 12.8 Å². The van der Waals surface area contributed by atoms with Crippen LogP contribution in [0.15, 0.2) is 0 Å². The molecule has 2 fully saturated rings. The Morgan fingerprint density at radius 3 is 2.18 bits per heavy atom. The normalized spacial score (nSPS) is 37.9. The van der Waals surface area contributed by atoms with Crippen molar-refractivity contribution in [1.82, 2.24) is 0 Å². The molecule has 4 atom stereocenters. The molecule has 0 aromatic carbocycles. The highest BCUT2D eigenvalue weighted by Crippen LogP contribution is 2.42. The second-order valence-electron chi connectivity index (χ2n) is 4.71. The molecule has 0 N–H and O–H groups in total. The fourth-order valence-corrected chi connectivity index (χ4v) is 2.53. The fourth-order valence-electron chi connectivity index (χ4n) is 2.53. The van der Waals surface area contributed by atoms with Gasteiger partial charge in [0, 0.05) is 5.92 Å². The summed E-state index contributed by atoms with van der Waals surface area (Å²) in [5.74, 6) is 0.0216. The molecule has 5 heteroatoms. The monoisotopic (exact) mass is 244 g/mol. The van der Waals surface area contributed by atoms with Gasteiger partial charge in [0.25, 0.3) is 0 Å². The van der Waals surface area contributed by atoms with Crippen molar-refractivity contribution in [1.29, 1.82) is 0 Å². The zero-order valence-corrected chi connectivity index (χ0v) is 10.8. The fraction of sp³-hybridized carbons (Fsp3) is 0.917. The van der Waals surface area contributed by atoms with Crippen LogP contribution >= 0.6 is 0 Å². The van der Waals surface area contributed by atoms with Crippen LogP contribution in [0.4, 0.5) is 0 Å². The van der Waals surface area contributed by atoms with Crippen molar-refractivity contribution in [3.8, 4) is 0 Å². The van der Waals surface area contributed by atoms with Gasteiger partial charge in [-0.2, -0.15) is 9.59 Å². The molecule has 2 aliphatic heterocycles. The lowest BCUT2D eigenvalue weighted by Gasteiger charge is -2.24. The lowest BCUT2D eigenvalue weighted by molar-refractivity contribution is -0.210. The SMILES string of the molecule is CCC1[C@@H](CC)O[C@@H]2OC(C)(C)O[C@@H]12.O=C=O. The summed E-state index contributed by atoms with van der Waals surface area (Å²) in [5, 5.41) is 0. The summed E-state index contributed by atoms with van der Waals surface area (Å²) in [6.07, 6.45) is 2.70. The second-order valence-corrected chi connectivity index (χ2v) is 4.71. The first kappa shape index (κ1) is 14.3. The Labute approximate surface area is 101 Å². The molecule has 0 saturated carbocycles. The molecule has 0 aliphatic carbocycles. The van der Waals surface area contributed by atoms with Crippen molar-refractivity contribution in [3.05, 3.63) is 0 Å². The van der Waals surface area contributed by atoms with Gasteiger partial charge in [-0.05, 0) is 26.7 Å². The average Bonchev–Trinajstić information content (AvgIpc) is 2.69. The zero-order valence-electron chi connectivity index (χ0n) is 10.8. The predicted octanol–water partition coefficient (Wildman–Crippen LogP) is 1.72. The third-order valence-electron chi connectivity index (χ3n) is 3.17. The van der Waals surface area contributed by atoms with Crippen LogP contribution in [-0.2, 0) is 23.8 Å². The van der Waals surface area contributed by atoms with Gasteiger partial charge in [-0.15, -0.1) is 0 Å². The van der Waals surface area contributed by atoms with Crippen LogP contribution in [0.2, 0.25) is 0 Å². The summed E-state index contributed by atoms with van der Waals surface area (Å²) in [6, 6.07) is 0. The van der Waals surface area contributed by atoms with E-state index in [1.807, 2.05) is 13.8 Å². The summed E-state index contributed by atoms with van der Waals surface area (Å²) < 4.78 is 17.4. The Balaban J connectivity index is 0.000000437. The minimum atomic E-state index is -0.471. The highest BCUT2D eigenvalue weighted by molar-refractivity contribution is 5.20. The quantitative estimate of drug-likeness (QED) is 0.740. The number of hydrogen-bond acceptors (Lipinski definition) is 5. The molecule has 0 bridgehead atoms. The van der Waals surface area contributed by atoms with E-state index in [9.17, 15) is 0 Å². The molecule has 2 aliphatic rings. The number of rotatable bonds is 2. The molecule has 5 nitrogen and oxygen atoms in total. The predicted molar refractivity (Wildman–Crippen MR) is 57.8 cm³/mol. The molecule has 1 unspecified atom stereocenters. The van der Waals surface area contributed by atoms with E-state index in [1.165, 1.54) is 0 Å². The van der Waals surface area contributed by atoms with Gasteiger partial charge in [-0.1, -0.05) is 13.8 Å². The highest BCUT2D eigenvalue weighted by Gasteiger charge is 2.53. The third kappa shape index (κ3) is 3.13. The standard InChI is InChI=1S/C11H20O3.CO2/c1-5-7-8(6-2)12-10-9(7)13-11(3,4)14-10;2-1-3/h7-10H,5-6H2,1-4H3;/t7?,8-,9+,10-;/m1./s1. The largest absolute Gasteiger partial charge is 0.373 e. The number of hydrogen-bond donors (Lipinski definition) is 0. The summed E-state index contributed by atoms with van der Waals surface area (Å²) in [6.45, 7) is 8.23. The van der Waals surface area contributed by atoms with Crippen molar-refractivity contribution in [3.63, 3.8) is 0 Å². The van der Waals surface area contributed by atoms with Crippen LogP contribution in [0.3, 0.4) is 0 Å². The lowest BCUT2D eigenvalue weighted by atomic mass is 9.94. The van der Waals surface area contributed by atoms with Gasteiger partial charge >= 0.3 is 6.15 Å². The van der Waals surface area contributed by atoms with E-state index in [2.05, 4.69) is 13.8 Å². The number of fused-ring (bicyclic) bond motifs is 1. The Hall–Kier alpha value is -0.740. The van der Waals surface area contributed by atoms with E-state index >= 15 is 0 Å². The minimum absolute atomic E-state index is 0.139. The Morgan fingerprint density at radius 2 is 1.71 bits per heavy atom. The van der Waals surface area contributed by atoms with Crippen LogP contribution in [-0.4, -0.2) is 30.4 Å². The van der Waals surface area contributed by atoms with E-state index in [4.69, 9.17) is 23.8 Å². The van der Waals surface area contributed by atoms with Gasteiger partial charge in [0.05, 0.1) is 6.10 Å². The third-order valence-corrected chi connectivity index (χ3v) is 3.17. The van der Waals surface area contributed by atoms with Gasteiger partial charge in [-0.3, -0.25) is 0 Å². The van der Waals surface area contributed by atoms with Crippen LogP contribution in [0.25, 0.3) is 0 Å². The minimum Gasteiger partial charge on any atom is -0.346 e. The van der Waals surface area contributed by atoms with Gasteiger partial charge in [0.1, 0.15) is 6.10 Å². The second kappa shape index (κ2) is 5.74. The van der Waals surface area contributed by atoms with Crippen LogP contribution in [0, 0.1) is 5.92 Å². The first-order chi connectivity index (χ1) is 7.99. The first-order valence-electron chi connectivity index (χ1n) is 5.99. The molecular weight excluding hydrogens is 224 g/mol. The van der Waals surface area contributed by atoms with Crippen molar-refractivity contribution < 1.29 is 23.8 Å². The van der Waals surface area contributed by atoms with E-state index < -0.39 is 5.79 Å². The maximum absolute atomic E-state index is 8.12. The maximum atomic E-state index is 8.12.